The van der Waals surface area contributed by atoms with E-state index in [4.69, 9.17) is 4.74 Å². The largest absolute Gasteiger partial charge is 0.486 e. The van der Waals surface area contributed by atoms with E-state index in [0.29, 0.717) is 18.4 Å². The van der Waals surface area contributed by atoms with E-state index in [0.717, 1.165) is 12.3 Å². The lowest BCUT2D eigenvalue weighted by atomic mass is 10.2. The van der Waals surface area contributed by atoms with E-state index in [-0.39, 0.29) is 11.9 Å². The lowest BCUT2D eigenvalue weighted by Crippen LogP contribution is -2.17. The number of aromatic nitrogens is 1. The average molecular weight is 322 g/mol. The van der Waals surface area contributed by atoms with Crippen molar-refractivity contribution in [3.05, 3.63) is 53.7 Å². The Bertz CT molecular complexity index is 713. The molecule has 1 aromatic carbocycles. The fourth-order valence-corrected chi connectivity index (χ4v) is 2.00. The van der Waals surface area contributed by atoms with Crippen LogP contribution in [0, 0.1) is 0 Å². The summed E-state index contributed by atoms with van der Waals surface area (Å²) in [7, 11) is 0. The summed E-state index contributed by atoms with van der Waals surface area (Å²) in [6.07, 6.45) is -2.45. The number of ether oxygens (including phenoxy) is 1. The first-order valence-electron chi connectivity index (χ1n) is 7.04. The highest BCUT2D eigenvalue weighted by Crippen LogP contribution is 2.42. The smallest absolute Gasteiger partial charge is 0.420 e. The Kier molecular flexibility index (Phi) is 3.94. The van der Waals surface area contributed by atoms with Crippen LogP contribution in [0.3, 0.4) is 0 Å². The molecular formula is C16H13F3N2O2. The van der Waals surface area contributed by atoms with Crippen LogP contribution in [0.4, 0.5) is 19.0 Å². The zero-order valence-electron chi connectivity index (χ0n) is 11.9. The van der Waals surface area contributed by atoms with E-state index >= 15 is 0 Å². The van der Waals surface area contributed by atoms with Gasteiger partial charge in [-0.1, -0.05) is 18.2 Å². The normalized spacial score (nSPS) is 14.4. The van der Waals surface area contributed by atoms with Gasteiger partial charge in [-0.25, -0.2) is 4.98 Å². The van der Waals surface area contributed by atoms with Gasteiger partial charge in [-0.2, -0.15) is 13.2 Å². The number of amides is 1. The fraction of sp³-hybridized carbons (Fsp3) is 0.250. The van der Waals surface area contributed by atoms with Crippen LogP contribution in [0.5, 0.6) is 5.75 Å². The van der Waals surface area contributed by atoms with Crippen molar-refractivity contribution in [3.8, 4) is 5.75 Å². The Labute approximate surface area is 130 Å². The van der Waals surface area contributed by atoms with Crippen molar-refractivity contribution in [1.82, 2.24) is 4.98 Å². The molecule has 1 saturated carbocycles. The van der Waals surface area contributed by atoms with Crippen LogP contribution in [0.1, 0.15) is 28.8 Å². The minimum absolute atomic E-state index is 0.222. The summed E-state index contributed by atoms with van der Waals surface area (Å²) in [5.74, 6) is -1.19. The van der Waals surface area contributed by atoms with E-state index in [1.54, 1.807) is 30.3 Å². The summed E-state index contributed by atoms with van der Waals surface area (Å²) < 4.78 is 44.8. The van der Waals surface area contributed by atoms with Gasteiger partial charge < -0.3 is 10.1 Å². The molecule has 3 rings (SSSR count). The lowest BCUT2D eigenvalue weighted by Gasteiger charge is -2.17. The van der Waals surface area contributed by atoms with Crippen molar-refractivity contribution in [2.24, 2.45) is 0 Å². The molecule has 1 aliphatic rings. The van der Waals surface area contributed by atoms with E-state index in [1.165, 1.54) is 0 Å². The summed E-state index contributed by atoms with van der Waals surface area (Å²) >= 11 is 0. The molecule has 1 heterocycles. The van der Waals surface area contributed by atoms with Crippen molar-refractivity contribution >= 4 is 11.7 Å². The van der Waals surface area contributed by atoms with Crippen LogP contribution in [-0.2, 0) is 6.18 Å². The topological polar surface area (TPSA) is 51.2 Å². The van der Waals surface area contributed by atoms with Gasteiger partial charge in [0.15, 0.2) is 11.6 Å². The number of carbonyl (C=O) groups excluding carboxylic acids is 1. The summed E-state index contributed by atoms with van der Waals surface area (Å²) in [6, 6.07) is 9.03. The molecule has 7 heteroatoms. The van der Waals surface area contributed by atoms with Gasteiger partial charge in [-0.15, -0.1) is 0 Å². The van der Waals surface area contributed by atoms with Gasteiger partial charge >= 0.3 is 6.18 Å². The van der Waals surface area contributed by atoms with Gasteiger partial charge in [0.05, 0.1) is 6.10 Å². The molecule has 1 fully saturated rings. The van der Waals surface area contributed by atoms with E-state index in [1.807, 2.05) is 0 Å². The Morgan fingerprint density at radius 3 is 2.48 bits per heavy atom. The van der Waals surface area contributed by atoms with Crippen molar-refractivity contribution in [3.63, 3.8) is 0 Å². The van der Waals surface area contributed by atoms with Crippen molar-refractivity contribution < 1.29 is 22.7 Å². The Morgan fingerprint density at radius 1 is 1.17 bits per heavy atom. The average Bonchev–Trinajstić information content (AvgIpc) is 3.32. The Balaban J connectivity index is 1.93. The van der Waals surface area contributed by atoms with Crippen LogP contribution in [0.25, 0.3) is 0 Å². The molecule has 120 valence electrons. The van der Waals surface area contributed by atoms with Crippen molar-refractivity contribution in [2.45, 2.75) is 25.1 Å². The monoisotopic (exact) mass is 322 g/mol. The fourth-order valence-electron chi connectivity index (χ4n) is 2.00. The number of carbonyl (C=O) groups is 1. The quantitative estimate of drug-likeness (QED) is 0.929. The number of halogens is 3. The summed E-state index contributed by atoms with van der Waals surface area (Å²) in [5.41, 5.74) is -0.619. The molecule has 1 aliphatic carbocycles. The number of rotatable bonds is 4. The van der Waals surface area contributed by atoms with Crippen LogP contribution < -0.4 is 10.1 Å². The number of alkyl halides is 3. The second-order valence-electron chi connectivity index (χ2n) is 5.17. The highest BCUT2D eigenvalue weighted by molar-refractivity contribution is 6.04. The molecule has 0 unspecified atom stereocenters. The number of benzene rings is 1. The molecule has 0 atom stereocenters. The molecule has 1 amide bonds. The van der Waals surface area contributed by atoms with Crippen molar-refractivity contribution in [2.75, 3.05) is 5.32 Å². The SMILES string of the molecule is O=C(Nc1nccc(C(F)(F)F)c1OC1CC1)c1ccccc1. The van der Waals surface area contributed by atoms with Gasteiger partial charge in [0, 0.05) is 11.8 Å². The highest BCUT2D eigenvalue weighted by Gasteiger charge is 2.38. The number of hydrogen-bond acceptors (Lipinski definition) is 3. The van der Waals surface area contributed by atoms with Gasteiger partial charge in [-0.3, -0.25) is 4.79 Å². The number of pyridine rings is 1. The second-order valence-corrected chi connectivity index (χ2v) is 5.17. The number of nitrogens with one attached hydrogen (secondary N) is 1. The first kappa shape index (κ1) is 15.3. The summed E-state index contributed by atoms with van der Waals surface area (Å²) in [6.45, 7) is 0. The Hall–Kier alpha value is -2.57. The van der Waals surface area contributed by atoms with Gasteiger partial charge in [0.25, 0.3) is 5.91 Å². The zero-order chi connectivity index (χ0) is 16.4. The van der Waals surface area contributed by atoms with Crippen LogP contribution in [0.15, 0.2) is 42.6 Å². The van der Waals surface area contributed by atoms with Gasteiger partial charge in [-0.05, 0) is 31.0 Å². The maximum Gasteiger partial charge on any atom is 0.420 e. The molecule has 1 N–H and O–H groups in total. The van der Waals surface area contributed by atoms with E-state index in [2.05, 4.69) is 10.3 Å². The molecule has 1 aromatic heterocycles. The molecule has 0 radical (unpaired) electrons. The molecule has 0 saturated heterocycles. The summed E-state index contributed by atoms with van der Waals surface area (Å²) in [5, 5.41) is 2.40. The number of anilines is 1. The van der Waals surface area contributed by atoms with Gasteiger partial charge in [0.2, 0.25) is 0 Å². The third-order valence-electron chi connectivity index (χ3n) is 3.29. The third kappa shape index (κ3) is 3.61. The van der Waals surface area contributed by atoms with Crippen molar-refractivity contribution in [1.29, 1.82) is 0 Å². The predicted molar refractivity (Wildman–Crippen MR) is 77.3 cm³/mol. The van der Waals surface area contributed by atoms with E-state index in [9.17, 15) is 18.0 Å². The summed E-state index contributed by atoms with van der Waals surface area (Å²) in [4.78, 5) is 16.0. The third-order valence-corrected chi connectivity index (χ3v) is 3.29. The minimum atomic E-state index is -4.58. The molecule has 23 heavy (non-hydrogen) atoms. The van der Waals surface area contributed by atoms with Gasteiger partial charge in [0.1, 0.15) is 5.56 Å². The Morgan fingerprint density at radius 2 is 1.87 bits per heavy atom. The molecular weight excluding hydrogens is 309 g/mol. The van der Waals surface area contributed by atoms with Crippen LogP contribution in [0.2, 0.25) is 0 Å². The number of hydrogen-bond donors (Lipinski definition) is 1. The van der Waals surface area contributed by atoms with Crippen LogP contribution >= 0.6 is 0 Å². The molecule has 4 nitrogen and oxygen atoms in total. The molecule has 0 aliphatic heterocycles. The van der Waals surface area contributed by atoms with Crippen LogP contribution in [-0.4, -0.2) is 17.0 Å². The first-order chi connectivity index (χ1) is 10.9. The second kappa shape index (κ2) is 5.91. The maximum absolute atomic E-state index is 13.1. The first-order valence-corrected chi connectivity index (χ1v) is 7.04. The lowest BCUT2D eigenvalue weighted by molar-refractivity contribution is -0.139. The molecule has 0 spiro atoms. The standard InChI is InChI=1S/C16H13F3N2O2/c17-16(18,19)12-8-9-20-14(13(12)23-11-6-7-11)21-15(22)10-4-2-1-3-5-10/h1-5,8-9,11H,6-7H2,(H,20,21,22). The zero-order valence-corrected chi connectivity index (χ0v) is 11.9. The highest BCUT2D eigenvalue weighted by atomic mass is 19.4. The number of nitrogens with zero attached hydrogens (tertiary/aromatic N) is 1. The van der Waals surface area contributed by atoms with E-state index < -0.39 is 23.4 Å². The predicted octanol–water partition coefficient (Wildman–Crippen LogP) is 3.89. The minimum Gasteiger partial charge on any atom is -0.486 e. The maximum atomic E-state index is 13.1. The molecule has 0 bridgehead atoms. The molecule has 2 aromatic rings.